The molecule has 0 atom stereocenters. The van der Waals surface area contributed by atoms with Crippen molar-refractivity contribution in [3.05, 3.63) is 61.8 Å². The third-order valence-electron chi connectivity index (χ3n) is 3.88. The van der Waals surface area contributed by atoms with Gasteiger partial charge in [-0.05, 0) is 12.1 Å². The monoisotopic (exact) mass is 357 g/mol. The highest BCUT2D eigenvalue weighted by Gasteiger charge is 2.22. The number of aromatic amines is 1. The summed E-state index contributed by atoms with van der Waals surface area (Å²) in [5, 5.41) is 0. The summed E-state index contributed by atoms with van der Waals surface area (Å²) in [4.78, 5) is 49.5. The molecule has 0 radical (unpaired) electrons. The molecule has 2 heterocycles. The van der Waals surface area contributed by atoms with Gasteiger partial charge < -0.3 is 15.2 Å². The smallest absolute Gasteiger partial charge is 0.337 e. The number of hydrogen-bond acceptors (Lipinski definition) is 7. The van der Waals surface area contributed by atoms with Crippen LogP contribution in [0.5, 0.6) is 5.75 Å². The van der Waals surface area contributed by atoms with Crippen LogP contribution in [0.2, 0.25) is 0 Å². The van der Waals surface area contributed by atoms with E-state index in [4.69, 9.17) is 15.2 Å². The Kier molecular flexibility index (Phi) is 4.44. The number of nitrogens with zero attached hydrogens (tertiary/aromatic N) is 1. The summed E-state index contributed by atoms with van der Waals surface area (Å²) in [5.41, 5.74) is 4.48. The molecular formula is C17H15N3O6. The summed E-state index contributed by atoms with van der Waals surface area (Å²) in [6, 6.07) is 7.15. The molecule has 0 amide bonds. The van der Waals surface area contributed by atoms with Crippen LogP contribution in [0.4, 0.5) is 5.82 Å². The van der Waals surface area contributed by atoms with E-state index in [0.717, 1.165) is 10.1 Å². The van der Waals surface area contributed by atoms with Crippen LogP contribution in [-0.2, 0) is 16.6 Å². The number of ketones is 1. The number of hydrogen-bond donors (Lipinski definition) is 2. The topological polar surface area (TPSA) is 133 Å². The maximum atomic E-state index is 12.2. The fourth-order valence-electron chi connectivity index (χ4n) is 2.44. The van der Waals surface area contributed by atoms with Crippen molar-refractivity contribution in [2.24, 2.45) is 7.05 Å². The minimum Gasteiger partial charge on any atom is -0.488 e. The molecule has 9 heteroatoms. The Hall–Kier alpha value is -3.62. The minimum atomic E-state index is -0.930. The average Bonchev–Trinajstić information content (AvgIpc) is 2.63. The Bertz CT molecular complexity index is 1050. The molecular weight excluding hydrogens is 342 g/mol. The zero-order chi connectivity index (χ0) is 18.8. The third kappa shape index (κ3) is 3.14. The molecule has 1 aromatic carbocycles. The quantitative estimate of drug-likeness (QED) is 0.574. The maximum Gasteiger partial charge on any atom is 0.337 e. The molecule has 0 unspecified atom stereocenters. The van der Waals surface area contributed by atoms with Gasteiger partial charge in [-0.2, -0.15) is 0 Å². The Balaban J connectivity index is 1.74. The first-order valence-electron chi connectivity index (χ1n) is 7.60. The van der Waals surface area contributed by atoms with Crippen molar-refractivity contribution in [1.82, 2.24) is 9.55 Å². The van der Waals surface area contributed by atoms with Gasteiger partial charge in [0.25, 0.3) is 5.56 Å². The molecule has 3 N–H and O–H groups in total. The van der Waals surface area contributed by atoms with E-state index in [-0.39, 0.29) is 18.0 Å². The molecule has 1 aliphatic heterocycles. The number of carbonyl (C=O) groups is 2. The largest absolute Gasteiger partial charge is 0.488 e. The standard InChI is InChI=1S/C17H15N3O6/c1-20-14(18)13(15(22)19-17(20)24)11(21)8-26-16(23)10-6-9-4-2-3-5-12(9)25-7-10/h2-6H,7-8,18H2,1H3,(H,19,22,24). The van der Waals surface area contributed by atoms with Gasteiger partial charge in [-0.3, -0.25) is 19.1 Å². The number of para-hydroxylation sites is 1. The fraction of sp³-hybridized carbons (Fsp3) is 0.176. The number of fused-ring (bicyclic) bond motifs is 1. The number of benzene rings is 1. The van der Waals surface area contributed by atoms with Gasteiger partial charge in [0.15, 0.2) is 6.61 Å². The van der Waals surface area contributed by atoms with Gasteiger partial charge in [-0.15, -0.1) is 0 Å². The lowest BCUT2D eigenvalue weighted by Crippen LogP contribution is -2.36. The Morgan fingerprint density at radius 3 is 2.81 bits per heavy atom. The number of nitrogens with two attached hydrogens (primary N) is 1. The number of ether oxygens (including phenoxy) is 2. The van der Waals surface area contributed by atoms with Crippen molar-refractivity contribution >= 4 is 23.6 Å². The lowest BCUT2D eigenvalue weighted by molar-refractivity contribution is -0.138. The van der Waals surface area contributed by atoms with Crippen LogP contribution in [0.15, 0.2) is 39.4 Å². The zero-order valence-corrected chi connectivity index (χ0v) is 13.8. The zero-order valence-electron chi connectivity index (χ0n) is 13.8. The van der Waals surface area contributed by atoms with Crippen LogP contribution in [0, 0.1) is 0 Å². The van der Waals surface area contributed by atoms with Gasteiger partial charge in [-0.1, -0.05) is 18.2 Å². The van der Waals surface area contributed by atoms with Crippen LogP contribution >= 0.6 is 0 Å². The van der Waals surface area contributed by atoms with Crippen molar-refractivity contribution in [3.8, 4) is 5.75 Å². The van der Waals surface area contributed by atoms with Gasteiger partial charge in [0.05, 0.1) is 5.57 Å². The van der Waals surface area contributed by atoms with Gasteiger partial charge in [0, 0.05) is 12.6 Å². The molecule has 1 aromatic heterocycles. The first kappa shape index (κ1) is 17.2. The lowest BCUT2D eigenvalue weighted by atomic mass is 10.1. The summed E-state index contributed by atoms with van der Waals surface area (Å²) in [6.07, 6.45) is 1.61. The molecule has 9 nitrogen and oxygen atoms in total. The molecule has 2 aromatic rings. The van der Waals surface area contributed by atoms with E-state index in [0.29, 0.717) is 5.75 Å². The Morgan fingerprint density at radius 1 is 1.31 bits per heavy atom. The Morgan fingerprint density at radius 2 is 2.04 bits per heavy atom. The summed E-state index contributed by atoms with van der Waals surface area (Å²) in [7, 11) is 1.30. The van der Waals surface area contributed by atoms with Gasteiger partial charge in [-0.25, -0.2) is 9.59 Å². The van der Waals surface area contributed by atoms with Gasteiger partial charge in [0.1, 0.15) is 23.7 Å². The number of carbonyl (C=O) groups excluding carboxylic acids is 2. The molecule has 26 heavy (non-hydrogen) atoms. The summed E-state index contributed by atoms with van der Waals surface area (Å²) >= 11 is 0. The van der Waals surface area contributed by atoms with E-state index in [2.05, 4.69) is 0 Å². The summed E-state index contributed by atoms with van der Waals surface area (Å²) in [5.74, 6) is -1.21. The molecule has 0 saturated heterocycles. The van der Waals surface area contributed by atoms with E-state index in [1.54, 1.807) is 24.3 Å². The molecule has 0 aliphatic carbocycles. The highest BCUT2D eigenvalue weighted by molar-refractivity contribution is 6.02. The predicted octanol–water partition coefficient (Wildman–Crippen LogP) is -0.142. The number of nitrogens with one attached hydrogen (secondary N) is 1. The van der Waals surface area contributed by atoms with Crippen LogP contribution in [0.3, 0.4) is 0 Å². The number of anilines is 1. The maximum absolute atomic E-state index is 12.2. The SMILES string of the molecule is Cn1c(N)c(C(=O)COC(=O)C2=Cc3ccccc3OC2)c(=O)[nH]c1=O. The third-order valence-corrected chi connectivity index (χ3v) is 3.88. The highest BCUT2D eigenvalue weighted by Crippen LogP contribution is 2.26. The van der Waals surface area contributed by atoms with Crippen molar-refractivity contribution in [3.63, 3.8) is 0 Å². The van der Waals surface area contributed by atoms with Crippen molar-refractivity contribution in [1.29, 1.82) is 0 Å². The Labute approximate surface area is 146 Å². The van der Waals surface area contributed by atoms with Crippen molar-refractivity contribution in [2.45, 2.75) is 0 Å². The van der Waals surface area contributed by atoms with Crippen molar-refractivity contribution in [2.75, 3.05) is 18.9 Å². The molecule has 1 aliphatic rings. The minimum absolute atomic E-state index is 0.00655. The van der Waals surface area contributed by atoms with Gasteiger partial charge >= 0.3 is 11.7 Å². The second-order valence-corrected chi connectivity index (χ2v) is 5.57. The van der Waals surface area contributed by atoms with E-state index in [1.165, 1.54) is 7.05 Å². The van der Waals surface area contributed by atoms with Crippen LogP contribution in [0.1, 0.15) is 15.9 Å². The number of Topliss-reactive ketones (excluding diaryl/α,β-unsaturated/α-hetero) is 1. The molecule has 0 fully saturated rings. The van der Waals surface area contributed by atoms with Crippen molar-refractivity contribution < 1.29 is 19.1 Å². The first-order valence-corrected chi connectivity index (χ1v) is 7.60. The first-order chi connectivity index (χ1) is 12.4. The van der Waals surface area contributed by atoms with Crippen LogP contribution in [-0.4, -0.2) is 34.5 Å². The number of esters is 1. The van der Waals surface area contributed by atoms with Crippen LogP contribution in [0.25, 0.3) is 6.08 Å². The number of aromatic nitrogens is 2. The summed E-state index contributed by atoms with van der Waals surface area (Å²) < 4.78 is 11.3. The second kappa shape index (κ2) is 6.71. The predicted molar refractivity (Wildman–Crippen MR) is 91.9 cm³/mol. The summed E-state index contributed by atoms with van der Waals surface area (Å²) in [6.45, 7) is -0.685. The molecule has 0 bridgehead atoms. The number of H-pyrrole nitrogens is 1. The van der Waals surface area contributed by atoms with E-state index >= 15 is 0 Å². The second-order valence-electron chi connectivity index (χ2n) is 5.57. The molecule has 0 saturated carbocycles. The van der Waals surface area contributed by atoms with Gasteiger partial charge in [0.2, 0.25) is 5.78 Å². The van der Waals surface area contributed by atoms with E-state index in [1.807, 2.05) is 11.1 Å². The lowest BCUT2D eigenvalue weighted by Gasteiger charge is -2.16. The average molecular weight is 357 g/mol. The number of rotatable bonds is 4. The van der Waals surface area contributed by atoms with Crippen LogP contribution < -0.4 is 21.7 Å². The van der Waals surface area contributed by atoms with E-state index in [9.17, 15) is 19.2 Å². The fourth-order valence-corrected chi connectivity index (χ4v) is 2.44. The normalized spacial score (nSPS) is 12.6. The highest BCUT2D eigenvalue weighted by atomic mass is 16.5. The number of nitrogen functional groups attached to an aromatic ring is 1. The molecule has 0 spiro atoms. The van der Waals surface area contributed by atoms with E-state index < -0.39 is 35.2 Å². The molecule has 134 valence electrons. The molecule has 3 rings (SSSR count).